The van der Waals surface area contributed by atoms with Crippen molar-refractivity contribution in [2.24, 2.45) is 0 Å². The van der Waals surface area contributed by atoms with Crippen molar-refractivity contribution in [3.63, 3.8) is 0 Å². The SMILES string of the molecule is CCCNC(c1ccc(C)c(Cl)c1)c1cc(F)ccc1C. The molecular weight excluding hydrogens is 285 g/mol. The molecule has 2 rings (SSSR count). The van der Waals surface area contributed by atoms with Gasteiger partial charge < -0.3 is 5.32 Å². The molecule has 0 aromatic heterocycles. The standard InChI is InChI=1S/C18H21ClFN/c1-4-9-21-18(14-7-5-13(3)17(19)10-14)16-11-15(20)8-6-12(16)2/h5-8,10-11,18,21H,4,9H2,1-3H3. The minimum atomic E-state index is -0.211. The topological polar surface area (TPSA) is 12.0 Å². The molecule has 0 bridgehead atoms. The predicted octanol–water partition coefficient (Wildman–Crippen LogP) is 5.18. The van der Waals surface area contributed by atoms with Crippen LogP contribution in [-0.2, 0) is 0 Å². The Morgan fingerprint density at radius 1 is 1.10 bits per heavy atom. The quantitative estimate of drug-likeness (QED) is 0.802. The number of aryl methyl sites for hydroxylation is 2. The van der Waals surface area contributed by atoms with Gasteiger partial charge in [-0.05, 0) is 67.3 Å². The molecule has 0 saturated carbocycles. The molecule has 112 valence electrons. The van der Waals surface area contributed by atoms with Crippen LogP contribution in [0, 0.1) is 19.7 Å². The Morgan fingerprint density at radius 2 is 1.81 bits per heavy atom. The summed E-state index contributed by atoms with van der Waals surface area (Å²) in [5.74, 6) is -0.211. The summed E-state index contributed by atoms with van der Waals surface area (Å²) in [4.78, 5) is 0. The summed E-state index contributed by atoms with van der Waals surface area (Å²) >= 11 is 6.25. The third kappa shape index (κ3) is 3.84. The summed E-state index contributed by atoms with van der Waals surface area (Å²) in [7, 11) is 0. The van der Waals surface area contributed by atoms with Gasteiger partial charge in [-0.25, -0.2) is 4.39 Å². The Kier molecular flexibility index (Phi) is 5.38. The Labute approximate surface area is 131 Å². The third-order valence-corrected chi connectivity index (χ3v) is 4.09. The minimum absolute atomic E-state index is 0.0428. The zero-order valence-electron chi connectivity index (χ0n) is 12.7. The van der Waals surface area contributed by atoms with Crippen LogP contribution >= 0.6 is 11.6 Å². The summed E-state index contributed by atoms with van der Waals surface area (Å²) in [6.07, 6.45) is 1.02. The van der Waals surface area contributed by atoms with Crippen molar-refractivity contribution in [1.29, 1.82) is 0 Å². The Morgan fingerprint density at radius 3 is 2.48 bits per heavy atom. The van der Waals surface area contributed by atoms with Crippen molar-refractivity contribution in [1.82, 2.24) is 5.32 Å². The summed E-state index contributed by atoms with van der Waals surface area (Å²) in [5.41, 5.74) is 4.14. The second-order valence-electron chi connectivity index (χ2n) is 5.40. The number of benzene rings is 2. The molecule has 2 aromatic carbocycles. The molecule has 0 aliphatic rings. The van der Waals surface area contributed by atoms with E-state index in [-0.39, 0.29) is 11.9 Å². The Hall–Kier alpha value is -1.38. The molecule has 1 unspecified atom stereocenters. The molecule has 0 aliphatic heterocycles. The number of hydrogen-bond donors (Lipinski definition) is 1. The van der Waals surface area contributed by atoms with E-state index < -0.39 is 0 Å². The van der Waals surface area contributed by atoms with Crippen molar-refractivity contribution in [3.8, 4) is 0 Å². The fourth-order valence-electron chi connectivity index (χ4n) is 2.41. The van der Waals surface area contributed by atoms with Crippen LogP contribution in [0.4, 0.5) is 4.39 Å². The highest BCUT2D eigenvalue weighted by Crippen LogP contribution is 2.28. The van der Waals surface area contributed by atoms with E-state index in [1.165, 1.54) is 6.07 Å². The number of nitrogens with one attached hydrogen (secondary N) is 1. The largest absolute Gasteiger partial charge is 0.306 e. The molecule has 0 saturated heterocycles. The molecule has 2 aromatic rings. The van der Waals surface area contributed by atoms with Gasteiger partial charge in [-0.15, -0.1) is 0 Å². The zero-order chi connectivity index (χ0) is 15.4. The molecule has 3 heteroatoms. The molecule has 1 N–H and O–H groups in total. The fourth-order valence-corrected chi connectivity index (χ4v) is 2.60. The highest BCUT2D eigenvalue weighted by atomic mass is 35.5. The van der Waals surface area contributed by atoms with Gasteiger partial charge >= 0.3 is 0 Å². The second kappa shape index (κ2) is 7.06. The Bertz CT molecular complexity index is 625. The van der Waals surface area contributed by atoms with E-state index in [2.05, 4.69) is 18.3 Å². The van der Waals surface area contributed by atoms with Crippen molar-refractivity contribution in [2.45, 2.75) is 33.2 Å². The van der Waals surface area contributed by atoms with E-state index in [1.54, 1.807) is 6.07 Å². The first-order chi connectivity index (χ1) is 10.0. The minimum Gasteiger partial charge on any atom is -0.306 e. The van der Waals surface area contributed by atoms with Crippen molar-refractivity contribution >= 4 is 11.6 Å². The third-order valence-electron chi connectivity index (χ3n) is 3.68. The van der Waals surface area contributed by atoms with E-state index in [4.69, 9.17) is 11.6 Å². The molecule has 1 nitrogen and oxygen atoms in total. The van der Waals surface area contributed by atoms with E-state index in [0.29, 0.717) is 0 Å². The van der Waals surface area contributed by atoms with Crippen LogP contribution < -0.4 is 5.32 Å². The highest BCUT2D eigenvalue weighted by Gasteiger charge is 2.17. The maximum atomic E-state index is 13.6. The smallest absolute Gasteiger partial charge is 0.123 e. The Balaban J connectivity index is 2.46. The lowest BCUT2D eigenvalue weighted by Crippen LogP contribution is -2.24. The van der Waals surface area contributed by atoms with Gasteiger partial charge in [-0.1, -0.05) is 36.7 Å². The summed E-state index contributed by atoms with van der Waals surface area (Å²) in [6, 6.07) is 10.9. The first-order valence-electron chi connectivity index (χ1n) is 7.28. The van der Waals surface area contributed by atoms with Crippen LogP contribution in [0.15, 0.2) is 36.4 Å². The fraction of sp³-hybridized carbons (Fsp3) is 0.333. The van der Waals surface area contributed by atoms with Crippen LogP contribution in [0.1, 0.15) is 41.6 Å². The average molecular weight is 306 g/mol. The van der Waals surface area contributed by atoms with Gasteiger partial charge in [0.15, 0.2) is 0 Å². The highest BCUT2D eigenvalue weighted by molar-refractivity contribution is 6.31. The van der Waals surface area contributed by atoms with Crippen LogP contribution in [0.2, 0.25) is 5.02 Å². The van der Waals surface area contributed by atoms with Gasteiger partial charge in [0.25, 0.3) is 0 Å². The zero-order valence-corrected chi connectivity index (χ0v) is 13.5. The maximum absolute atomic E-state index is 13.6. The molecule has 1 atom stereocenters. The van der Waals surface area contributed by atoms with E-state index >= 15 is 0 Å². The lowest BCUT2D eigenvalue weighted by Gasteiger charge is -2.22. The van der Waals surface area contributed by atoms with Crippen molar-refractivity contribution in [2.75, 3.05) is 6.54 Å². The van der Waals surface area contributed by atoms with Gasteiger partial charge in [0.1, 0.15) is 5.82 Å². The molecule has 0 fully saturated rings. The first-order valence-corrected chi connectivity index (χ1v) is 7.66. The van der Waals surface area contributed by atoms with Crippen LogP contribution in [0.25, 0.3) is 0 Å². The summed E-state index contributed by atoms with van der Waals surface area (Å²) in [5, 5.41) is 4.23. The average Bonchev–Trinajstić information content (AvgIpc) is 2.46. The monoisotopic (exact) mass is 305 g/mol. The summed E-state index contributed by atoms with van der Waals surface area (Å²) in [6.45, 7) is 6.97. The molecule has 21 heavy (non-hydrogen) atoms. The summed E-state index contributed by atoms with van der Waals surface area (Å²) < 4.78 is 13.6. The second-order valence-corrected chi connectivity index (χ2v) is 5.80. The number of halogens is 2. The van der Waals surface area contributed by atoms with Gasteiger partial charge in [-0.2, -0.15) is 0 Å². The van der Waals surface area contributed by atoms with Crippen LogP contribution in [-0.4, -0.2) is 6.54 Å². The van der Waals surface area contributed by atoms with Gasteiger partial charge in [0, 0.05) is 5.02 Å². The van der Waals surface area contributed by atoms with E-state index in [0.717, 1.165) is 40.2 Å². The van der Waals surface area contributed by atoms with E-state index in [1.807, 2.05) is 32.0 Å². The van der Waals surface area contributed by atoms with Crippen LogP contribution in [0.3, 0.4) is 0 Å². The molecule has 0 amide bonds. The maximum Gasteiger partial charge on any atom is 0.123 e. The predicted molar refractivity (Wildman–Crippen MR) is 87.5 cm³/mol. The van der Waals surface area contributed by atoms with Crippen molar-refractivity contribution < 1.29 is 4.39 Å². The van der Waals surface area contributed by atoms with Gasteiger partial charge in [-0.3, -0.25) is 0 Å². The molecule has 0 spiro atoms. The lowest BCUT2D eigenvalue weighted by atomic mass is 9.94. The lowest BCUT2D eigenvalue weighted by molar-refractivity contribution is 0.583. The number of rotatable bonds is 5. The first kappa shape index (κ1) is 16.0. The van der Waals surface area contributed by atoms with Crippen LogP contribution in [0.5, 0.6) is 0 Å². The molecule has 0 radical (unpaired) electrons. The molecular formula is C18H21ClFN. The van der Waals surface area contributed by atoms with Gasteiger partial charge in [0.05, 0.1) is 6.04 Å². The number of hydrogen-bond acceptors (Lipinski definition) is 1. The van der Waals surface area contributed by atoms with Gasteiger partial charge in [0.2, 0.25) is 0 Å². The normalized spacial score (nSPS) is 12.4. The molecule has 0 aliphatic carbocycles. The van der Waals surface area contributed by atoms with E-state index in [9.17, 15) is 4.39 Å². The molecule has 0 heterocycles. The van der Waals surface area contributed by atoms with Crippen molar-refractivity contribution in [3.05, 3.63) is 69.5 Å².